The topological polar surface area (TPSA) is 85.6 Å². The summed E-state index contributed by atoms with van der Waals surface area (Å²) in [6, 6.07) is 3.03. The number of amides is 1. The zero-order valence-electron chi connectivity index (χ0n) is 11.7. The maximum absolute atomic E-state index is 11.6. The highest BCUT2D eigenvalue weighted by Gasteiger charge is 2.18. The van der Waals surface area contributed by atoms with Gasteiger partial charge in [0.25, 0.3) is 5.91 Å². The molecule has 1 aromatic carbocycles. The molecule has 1 rings (SSSR count). The van der Waals surface area contributed by atoms with Gasteiger partial charge in [-0.15, -0.1) is 0 Å². The Labute approximate surface area is 113 Å². The molecule has 0 heterocycles. The lowest BCUT2D eigenvalue weighted by atomic mass is 9.99. The lowest BCUT2D eigenvalue weighted by molar-refractivity contribution is -0.123. The van der Waals surface area contributed by atoms with Gasteiger partial charge in [-0.3, -0.25) is 10.2 Å². The number of carbonyl (C=O) groups is 1. The predicted molar refractivity (Wildman–Crippen MR) is 73.2 cm³/mol. The fourth-order valence-electron chi connectivity index (χ4n) is 1.84. The van der Waals surface area contributed by atoms with Gasteiger partial charge in [-0.1, -0.05) is 0 Å². The Balaban J connectivity index is 2.97. The normalized spacial score (nSPS) is 11.8. The van der Waals surface area contributed by atoms with E-state index in [-0.39, 0.29) is 5.91 Å². The van der Waals surface area contributed by atoms with E-state index in [4.69, 9.17) is 15.2 Å². The van der Waals surface area contributed by atoms with E-state index in [0.717, 1.165) is 11.1 Å². The number of benzene rings is 1. The van der Waals surface area contributed by atoms with Gasteiger partial charge in [0.2, 0.25) is 0 Å². The second-order valence-electron chi connectivity index (χ2n) is 4.17. The van der Waals surface area contributed by atoms with Crippen molar-refractivity contribution in [2.45, 2.75) is 19.4 Å². The summed E-state index contributed by atoms with van der Waals surface area (Å²) in [4.78, 5) is 11.6. The molecule has 0 fully saturated rings. The quantitative estimate of drug-likeness (QED) is 0.638. The molecule has 0 saturated carbocycles. The standard InChI is InChI=1S/C13H21N3O3/c1-8-5-9(18-3)6-12(19-4)10(8)7-11(14)13(17)16-15-2/h5-6,11,15H,7,14H2,1-4H3,(H,16,17). The van der Waals surface area contributed by atoms with Crippen molar-refractivity contribution in [3.05, 3.63) is 23.3 Å². The molecule has 0 saturated heterocycles. The van der Waals surface area contributed by atoms with Crippen molar-refractivity contribution in [3.8, 4) is 11.5 Å². The van der Waals surface area contributed by atoms with Crippen LogP contribution in [-0.4, -0.2) is 33.2 Å². The van der Waals surface area contributed by atoms with Gasteiger partial charge in [-0.25, -0.2) is 5.43 Å². The second-order valence-corrected chi connectivity index (χ2v) is 4.17. The average Bonchev–Trinajstić information content (AvgIpc) is 2.40. The molecule has 0 bridgehead atoms. The monoisotopic (exact) mass is 267 g/mol. The second kappa shape index (κ2) is 6.96. The third-order valence-corrected chi connectivity index (χ3v) is 2.87. The minimum Gasteiger partial charge on any atom is -0.497 e. The summed E-state index contributed by atoms with van der Waals surface area (Å²) in [6.45, 7) is 1.93. The molecular weight excluding hydrogens is 246 g/mol. The van der Waals surface area contributed by atoms with Crippen LogP contribution in [0.1, 0.15) is 11.1 Å². The van der Waals surface area contributed by atoms with E-state index in [2.05, 4.69) is 10.9 Å². The van der Waals surface area contributed by atoms with E-state index in [1.807, 2.05) is 13.0 Å². The molecule has 1 atom stereocenters. The molecule has 19 heavy (non-hydrogen) atoms. The van der Waals surface area contributed by atoms with E-state index in [1.165, 1.54) is 0 Å². The number of hydrogen-bond acceptors (Lipinski definition) is 5. The number of aryl methyl sites for hydroxylation is 1. The maximum Gasteiger partial charge on any atom is 0.251 e. The number of carbonyl (C=O) groups excluding carboxylic acids is 1. The molecular formula is C13H21N3O3. The van der Waals surface area contributed by atoms with Crippen molar-refractivity contribution >= 4 is 5.91 Å². The highest BCUT2D eigenvalue weighted by Crippen LogP contribution is 2.29. The van der Waals surface area contributed by atoms with Crippen LogP contribution >= 0.6 is 0 Å². The summed E-state index contributed by atoms with van der Waals surface area (Å²) >= 11 is 0. The SMILES string of the molecule is CNNC(=O)C(N)Cc1c(C)cc(OC)cc1OC. The Hall–Kier alpha value is -1.79. The van der Waals surface area contributed by atoms with Gasteiger partial charge in [0.15, 0.2) is 0 Å². The van der Waals surface area contributed by atoms with Crippen LogP contribution in [0.3, 0.4) is 0 Å². The molecule has 0 aliphatic carbocycles. The number of rotatable bonds is 6. The Kier molecular flexibility index (Phi) is 5.59. The first kappa shape index (κ1) is 15.3. The van der Waals surface area contributed by atoms with Gasteiger partial charge in [0, 0.05) is 19.5 Å². The summed E-state index contributed by atoms with van der Waals surface area (Å²) in [7, 11) is 4.79. The van der Waals surface area contributed by atoms with Crippen molar-refractivity contribution < 1.29 is 14.3 Å². The lowest BCUT2D eigenvalue weighted by Gasteiger charge is -2.17. The maximum atomic E-state index is 11.6. The van der Waals surface area contributed by atoms with Gasteiger partial charge in [-0.05, 0) is 24.1 Å². The zero-order valence-corrected chi connectivity index (χ0v) is 11.7. The number of nitrogens with two attached hydrogens (primary N) is 1. The Morgan fingerprint density at radius 2 is 2.05 bits per heavy atom. The molecule has 1 unspecified atom stereocenters. The van der Waals surface area contributed by atoms with Crippen LogP contribution < -0.4 is 26.1 Å². The molecule has 0 aliphatic rings. The van der Waals surface area contributed by atoms with Crippen molar-refractivity contribution in [3.63, 3.8) is 0 Å². The third-order valence-electron chi connectivity index (χ3n) is 2.87. The summed E-state index contributed by atoms with van der Waals surface area (Å²) in [5.41, 5.74) is 12.8. The van der Waals surface area contributed by atoms with Gasteiger partial charge >= 0.3 is 0 Å². The van der Waals surface area contributed by atoms with Crippen LogP contribution in [0.4, 0.5) is 0 Å². The first-order valence-electron chi connectivity index (χ1n) is 5.97. The molecule has 6 heteroatoms. The van der Waals surface area contributed by atoms with Crippen LogP contribution in [0.2, 0.25) is 0 Å². The largest absolute Gasteiger partial charge is 0.497 e. The van der Waals surface area contributed by atoms with Crippen molar-refractivity contribution in [2.75, 3.05) is 21.3 Å². The van der Waals surface area contributed by atoms with E-state index >= 15 is 0 Å². The molecule has 0 aliphatic heterocycles. The summed E-state index contributed by atoms with van der Waals surface area (Å²) in [5.74, 6) is 1.12. The Morgan fingerprint density at radius 3 is 2.58 bits per heavy atom. The fraction of sp³-hybridized carbons (Fsp3) is 0.462. The highest BCUT2D eigenvalue weighted by atomic mass is 16.5. The van der Waals surface area contributed by atoms with Crippen molar-refractivity contribution in [1.82, 2.24) is 10.9 Å². The number of methoxy groups -OCH3 is 2. The third kappa shape index (κ3) is 3.84. The van der Waals surface area contributed by atoms with Gasteiger partial charge < -0.3 is 15.2 Å². The fourth-order valence-corrected chi connectivity index (χ4v) is 1.84. The average molecular weight is 267 g/mol. The highest BCUT2D eigenvalue weighted by molar-refractivity contribution is 5.81. The van der Waals surface area contributed by atoms with Gasteiger partial charge in [-0.2, -0.15) is 0 Å². The molecule has 106 valence electrons. The van der Waals surface area contributed by atoms with Crippen LogP contribution in [0.25, 0.3) is 0 Å². The van der Waals surface area contributed by atoms with E-state index < -0.39 is 6.04 Å². The molecule has 1 amide bonds. The summed E-state index contributed by atoms with van der Waals surface area (Å²) < 4.78 is 10.5. The Bertz CT molecular complexity index is 449. The van der Waals surface area contributed by atoms with Crippen molar-refractivity contribution in [1.29, 1.82) is 0 Å². The lowest BCUT2D eigenvalue weighted by Crippen LogP contribution is -2.46. The first-order chi connectivity index (χ1) is 9.03. The Morgan fingerprint density at radius 1 is 1.37 bits per heavy atom. The molecule has 6 nitrogen and oxygen atoms in total. The minimum absolute atomic E-state index is 0.264. The number of nitrogens with one attached hydrogen (secondary N) is 2. The van der Waals surface area contributed by atoms with Crippen molar-refractivity contribution in [2.24, 2.45) is 5.73 Å². The minimum atomic E-state index is -0.645. The molecule has 0 spiro atoms. The molecule has 4 N–H and O–H groups in total. The van der Waals surface area contributed by atoms with E-state index in [9.17, 15) is 4.79 Å². The summed E-state index contributed by atoms with van der Waals surface area (Å²) in [6.07, 6.45) is 0.395. The predicted octanol–water partition coefficient (Wildman–Crippen LogP) is 0.133. The van der Waals surface area contributed by atoms with Crippen LogP contribution in [0, 0.1) is 6.92 Å². The van der Waals surface area contributed by atoms with E-state index in [0.29, 0.717) is 17.9 Å². The first-order valence-corrected chi connectivity index (χ1v) is 5.97. The molecule has 0 aromatic heterocycles. The summed E-state index contributed by atoms with van der Waals surface area (Å²) in [5, 5.41) is 0. The number of ether oxygens (including phenoxy) is 2. The zero-order chi connectivity index (χ0) is 14.4. The smallest absolute Gasteiger partial charge is 0.251 e. The van der Waals surface area contributed by atoms with Gasteiger partial charge in [0.1, 0.15) is 11.5 Å². The molecule has 0 radical (unpaired) electrons. The van der Waals surface area contributed by atoms with E-state index in [1.54, 1.807) is 27.3 Å². The molecule has 1 aromatic rings. The van der Waals surface area contributed by atoms with Gasteiger partial charge in [0.05, 0.1) is 20.3 Å². The number of hydrazine groups is 1. The van der Waals surface area contributed by atoms with Crippen LogP contribution in [-0.2, 0) is 11.2 Å². The van der Waals surface area contributed by atoms with Crippen LogP contribution in [0.15, 0.2) is 12.1 Å². The van der Waals surface area contributed by atoms with Crippen LogP contribution in [0.5, 0.6) is 11.5 Å². The number of hydrogen-bond donors (Lipinski definition) is 3.